The van der Waals surface area contributed by atoms with E-state index >= 15 is 0 Å². The van der Waals surface area contributed by atoms with Gasteiger partial charge in [0, 0.05) is 36.8 Å². The lowest BCUT2D eigenvalue weighted by atomic mass is 9.78. The minimum atomic E-state index is -1.46. The van der Waals surface area contributed by atoms with Crippen molar-refractivity contribution in [1.82, 2.24) is 10.2 Å². The number of rotatable bonds is 5. The number of halogens is 1. The summed E-state index contributed by atoms with van der Waals surface area (Å²) in [6, 6.07) is 14.9. The largest absolute Gasteiger partial charge is 0.455 e. The third kappa shape index (κ3) is 5.42. The number of benzene rings is 2. The Hall–Kier alpha value is -3.99. The highest BCUT2D eigenvalue weighted by molar-refractivity contribution is 6.30. The first kappa shape index (κ1) is 30.1. The number of fused-ring (bicyclic) bond motifs is 2. The molecule has 1 spiro atoms. The van der Waals surface area contributed by atoms with E-state index in [1.54, 1.807) is 53.5 Å². The standard InChI is InChI=1S/C33H34ClN3O7/c34-22-12-14-23(15-13-22)36-17-6-16-33-28(30(40)37(18-7-19-38)29(33)31(36)41)27-24(44-33)10-4-5-11-26(39)35-20-25(43-32(27)42)21-8-2-1-3-9-21/h1-4,6,8-10,12-16,24-25,27-29,38H,5,7,11,17-20H2,(H,35,39)/b10-4-/t24-,25+,27+,28+,29-,33+/m0/s1. The van der Waals surface area contributed by atoms with Gasteiger partial charge in [0.1, 0.15) is 23.7 Å². The van der Waals surface area contributed by atoms with E-state index in [1.807, 2.05) is 30.3 Å². The molecule has 0 aliphatic carbocycles. The number of hydrogen-bond donors (Lipinski definition) is 2. The van der Waals surface area contributed by atoms with Crippen molar-refractivity contribution >= 4 is 41.0 Å². The summed E-state index contributed by atoms with van der Waals surface area (Å²) in [7, 11) is 0. The van der Waals surface area contributed by atoms with Crippen LogP contribution in [0.4, 0.5) is 5.69 Å². The maximum absolute atomic E-state index is 14.4. The Bertz CT molecular complexity index is 1480. The van der Waals surface area contributed by atoms with Gasteiger partial charge in [-0.2, -0.15) is 0 Å². The quantitative estimate of drug-likeness (QED) is 0.389. The van der Waals surface area contributed by atoms with E-state index < -0.39 is 47.6 Å². The first-order valence-corrected chi connectivity index (χ1v) is 15.2. The molecule has 2 fully saturated rings. The molecule has 4 heterocycles. The smallest absolute Gasteiger partial charge is 0.313 e. The number of ether oxygens (including phenoxy) is 2. The molecule has 4 aliphatic heterocycles. The van der Waals surface area contributed by atoms with Crippen molar-refractivity contribution in [2.45, 2.75) is 43.1 Å². The maximum atomic E-state index is 14.4. The molecule has 2 aromatic carbocycles. The lowest BCUT2D eigenvalue weighted by molar-refractivity contribution is -0.159. The molecule has 230 valence electrons. The number of aliphatic hydroxyl groups is 1. The Balaban J connectivity index is 1.42. The lowest BCUT2D eigenvalue weighted by Gasteiger charge is -2.35. The van der Waals surface area contributed by atoms with Gasteiger partial charge >= 0.3 is 5.97 Å². The summed E-state index contributed by atoms with van der Waals surface area (Å²) in [5.41, 5.74) is -0.159. The third-order valence-corrected chi connectivity index (χ3v) is 8.99. The SMILES string of the molecule is O=C1CC/C=C\[C@@H]2O[C@@]34C=CCN(c5ccc(Cl)cc5)C(=O)[C@@H]3N(CCCO)C(=O)[C@H]4[C@@H]2C(=O)O[C@@H](c2ccccc2)CN1. The Morgan fingerprint density at radius 3 is 2.52 bits per heavy atom. The van der Waals surface area contributed by atoms with E-state index in [1.165, 1.54) is 4.90 Å². The number of carbonyl (C=O) groups is 4. The Kier molecular flexibility index (Phi) is 8.57. The number of anilines is 1. The summed E-state index contributed by atoms with van der Waals surface area (Å²) in [6.45, 7) is 0.216. The fraction of sp³-hybridized carbons (Fsp3) is 0.394. The van der Waals surface area contributed by atoms with Gasteiger partial charge in [0.05, 0.1) is 18.6 Å². The van der Waals surface area contributed by atoms with Crippen molar-refractivity contribution in [3.63, 3.8) is 0 Å². The molecule has 0 saturated carbocycles. The number of nitrogens with zero attached hydrogens (tertiary/aromatic N) is 2. The molecule has 2 N–H and O–H groups in total. The first-order chi connectivity index (χ1) is 21.3. The maximum Gasteiger partial charge on any atom is 0.313 e. The second-order valence-electron chi connectivity index (χ2n) is 11.4. The molecule has 3 amide bonds. The molecule has 44 heavy (non-hydrogen) atoms. The second-order valence-corrected chi connectivity index (χ2v) is 11.8. The average molecular weight is 620 g/mol. The lowest BCUT2D eigenvalue weighted by Crippen LogP contribution is -2.55. The van der Waals surface area contributed by atoms with Gasteiger partial charge in [-0.25, -0.2) is 0 Å². The minimum Gasteiger partial charge on any atom is -0.455 e. The van der Waals surface area contributed by atoms with E-state index in [-0.39, 0.29) is 50.9 Å². The zero-order valence-corrected chi connectivity index (χ0v) is 24.8. The van der Waals surface area contributed by atoms with Crippen molar-refractivity contribution in [2.24, 2.45) is 11.8 Å². The molecular weight excluding hydrogens is 586 g/mol. The van der Waals surface area contributed by atoms with Gasteiger partial charge in [0.15, 0.2) is 0 Å². The summed E-state index contributed by atoms with van der Waals surface area (Å²) in [6.07, 6.45) is 6.22. The van der Waals surface area contributed by atoms with Crippen LogP contribution in [0.15, 0.2) is 78.9 Å². The second kappa shape index (κ2) is 12.6. The molecule has 0 unspecified atom stereocenters. The number of cyclic esters (lactones) is 1. The van der Waals surface area contributed by atoms with Gasteiger partial charge < -0.3 is 29.7 Å². The molecule has 10 nitrogen and oxygen atoms in total. The fourth-order valence-electron chi connectivity index (χ4n) is 6.74. The highest BCUT2D eigenvalue weighted by Crippen LogP contribution is 2.53. The number of nitrogens with one attached hydrogen (secondary N) is 1. The Labute approximate surface area is 260 Å². The summed E-state index contributed by atoms with van der Waals surface area (Å²) in [5.74, 6) is -3.71. The topological polar surface area (TPSA) is 125 Å². The zero-order valence-electron chi connectivity index (χ0n) is 24.0. The highest BCUT2D eigenvalue weighted by atomic mass is 35.5. The van der Waals surface area contributed by atoms with E-state index in [4.69, 9.17) is 21.1 Å². The van der Waals surface area contributed by atoms with Crippen LogP contribution in [0, 0.1) is 11.8 Å². The van der Waals surface area contributed by atoms with Gasteiger partial charge in [-0.3, -0.25) is 19.2 Å². The monoisotopic (exact) mass is 619 g/mol. The Morgan fingerprint density at radius 2 is 1.77 bits per heavy atom. The van der Waals surface area contributed by atoms with E-state index in [0.717, 1.165) is 0 Å². The van der Waals surface area contributed by atoms with Gasteiger partial charge in [-0.1, -0.05) is 66.2 Å². The van der Waals surface area contributed by atoms with E-state index in [0.29, 0.717) is 22.7 Å². The van der Waals surface area contributed by atoms with Crippen LogP contribution in [0.1, 0.15) is 30.9 Å². The molecule has 11 heteroatoms. The predicted octanol–water partition coefficient (Wildman–Crippen LogP) is 2.96. The molecule has 6 rings (SSSR count). The van der Waals surface area contributed by atoms with Crippen LogP contribution in [0.3, 0.4) is 0 Å². The van der Waals surface area contributed by atoms with Crippen molar-refractivity contribution in [1.29, 1.82) is 0 Å². The van der Waals surface area contributed by atoms with Crippen LogP contribution in [-0.2, 0) is 28.7 Å². The van der Waals surface area contributed by atoms with Crippen molar-refractivity contribution in [3.8, 4) is 0 Å². The van der Waals surface area contributed by atoms with E-state index in [9.17, 15) is 24.3 Å². The molecule has 0 aromatic heterocycles. The fourth-order valence-corrected chi connectivity index (χ4v) is 6.87. The van der Waals surface area contributed by atoms with E-state index in [2.05, 4.69) is 5.32 Å². The zero-order chi connectivity index (χ0) is 30.8. The number of carbonyl (C=O) groups excluding carboxylic acids is 4. The van der Waals surface area contributed by atoms with Gasteiger partial charge in [0.25, 0.3) is 5.91 Å². The minimum absolute atomic E-state index is 0.0694. The Morgan fingerprint density at radius 1 is 1.00 bits per heavy atom. The summed E-state index contributed by atoms with van der Waals surface area (Å²) < 4.78 is 12.8. The predicted molar refractivity (Wildman–Crippen MR) is 161 cm³/mol. The van der Waals surface area contributed by atoms with Crippen molar-refractivity contribution in [2.75, 3.05) is 31.1 Å². The van der Waals surface area contributed by atoms with Gasteiger partial charge in [-0.05, 0) is 42.7 Å². The first-order valence-electron chi connectivity index (χ1n) is 14.9. The molecule has 4 aliphatic rings. The summed E-state index contributed by atoms with van der Waals surface area (Å²) >= 11 is 6.10. The molecule has 0 bridgehead atoms. The molecule has 2 saturated heterocycles. The number of amides is 3. The summed E-state index contributed by atoms with van der Waals surface area (Å²) in [5, 5.41) is 13.0. The van der Waals surface area contributed by atoms with Crippen LogP contribution in [0.2, 0.25) is 5.02 Å². The van der Waals surface area contributed by atoms with Gasteiger partial charge in [0.2, 0.25) is 11.8 Å². The van der Waals surface area contributed by atoms with Gasteiger partial charge in [-0.15, -0.1) is 0 Å². The molecule has 0 radical (unpaired) electrons. The highest BCUT2D eigenvalue weighted by Gasteiger charge is 2.71. The summed E-state index contributed by atoms with van der Waals surface area (Å²) in [4.78, 5) is 58.4. The number of allylic oxidation sites excluding steroid dienone is 1. The van der Waals surface area contributed by atoms with Crippen LogP contribution in [0.25, 0.3) is 0 Å². The van der Waals surface area contributed by atoms with Crippen LogP contribution < -0.4 is 10.2 Å². The third-order valence-electron chi connectivity index (χ3n) is 8.74. The molecular formula is C33H34ClN3O7. The number of aliphatic hydroxyl groups excluding tert-OH is 1. The molecule has 6 atom stereocenters. The van der Waals surface area contributed by atoms with Crippen LogP contribution in [0.5, 0.6) is 0 Å². The van der Waals surface area contributed by atoms with Crippen molar-refractivity contribution < 1.29 is 33.8 Å². The van der Waals surface area contributed by atoms with Crippen LogP contribution in [-0.4, -0.2) is 77.7 Å². The number of esters is 1. The van der Waals surface area contributed by atoms with Crippen molar-refractivity contribution in [3.05, 3.63) is 89.5 Å². The van der Waals surface area contributed by atoms with Crippen LogP contribution >= 0.6 is 11.6 Å². The number of likely N-dealkylation sites (tertiary alicyclic amines) is 1. The average Bonchev–Trinajstić information content (AvgIpc) is 3.41. The number of hydrogen-bond acceptors (Lipinski definition) is 7. The molecule has 2 aromatic rings. The normalized spacial score (nSPS) is 31.2.